The summed E-state index contributed by atoms with van der Waals surface area (Å²) >= 11 is 0. The van der Waals surface area contributed by atoms with E-state index in [0.717, 1.165) is 6.42 Å². The molecule has 15 heavy (non-hydrogen) atoms. The largest absolute Gasteiger partial charge is 0.460 e. The number of ether oxygens (including phenoxy) is 1. The predicted molar refractivity (Wildman–Crippen MR) is 56.8 cm³/mol. The number of rotatable bonds is 4. The first-order chi connectivity index (χ1) is 6.69. The fourth-order valence-corrected chi connectivity index (χ4v) is 0.920. The van der Waals surface area contributed by atoms with Gasteiger partial charge in [-0.25, -0.2) is 9.78 Å². The van der Waals surface area contributed by atoms with Gasteiger partial charge in [-0.2, -0.15) is 0 Å². The maximum atomic E-state index is 11.2. The van der Waals surface area contributed by atoms with Crippen molar-refractivity contribution in [3.05, 3.63) is 11.6 Å². The van der Waals surface area contributed by atoms with Crippen molar-refractivity contribution in [1.29, 1.82) is 0 Å². The molecule has 0 fully saturated rings. The lowest BCUT2D eigenvalue weighted by Crippen LogP contribution is -2.11. The van der Waals surface area contributed by atoms with Gasteiger partial charge in [0.1, 0.15) is 5.82 Å². The van der Waals surface area contributed by atoms with Crippen molar-refractivity contribution in [2.75, 3.05) is 6.61 Å². The summed E-state index contributed by atoms with van der Waals surface area (Å²) in [5.74, 6) is 0.0135. The van der Waals surface area contributed by atoms with Crippen LogP contribution in [0.5, 0.6) is 0 Å². The Morgan fingerprint density at radius 2 is 2.27 bits per heavy atom. The standard InChI is InChI=1S/C8H14N4O2.ClH/c1-3-5(9)6-10-7(12-11-6)8(13)14-4-2;/h5H,3-4,9H2,1-2H3,(H,10,11,12);1H/t5-;/m0./s1. The van der Waals surface area contributed by atoms with Crippen LogP contribution in [0.1, 0.15) is 42.8 Å². The number of H-pyrrole nitrogens is 1. The molecular formula is C8H15ClN4O2. The molecule has 0 aromatic carbocycles. The van der Waals surface area contributed by atoms with E-state index in [-0.39, 0.29) is 24.3 Å². The van der Waals surface area contributed by atoms with Crippen molar-refractivity contribution in [3.8, 4) is 0 Å². The molecule has 0 saturated heterocycles. The third-order valence-corrected chi connectivity index (χ3v) is 1.75. The van der Waals surface area contributed by atoms with Gasteiger partial charge in [0.25, 0.3) is 5.82 Å². The zero-order valence-corrected chi connectivity index (χ0v) is 9.50. The third kappa shape index (κ3) is 3.49. The molecule has 0 amide bonds. The van der Waals surface area contributed by atoms with E-state index in [2.05, 4.69) is 15.2 Å². The van der Waals surface area contributed by atoms with Crippen molar-refractivity contribution >= 4 is 18.4 Å². The number of nitrogens with two attached hydrogens (primary N) is 1. The quantitative estimate of drug-likeness (QED) is 0.752. The van der Waals surface area contributed by atoms with Crippen LogP contribution in [-0.4, -0.2) is 27.8 Å². The summed E-state index contributed by atoms with van der Waals surface area (Å²) in [6.45, 7) is 3.96. The molecular weight excluding hydrogens is 220 g/mol. The number of hydrogen-bond donors (Lipinski definition) is 2. The summed E-state index contributed by atoms with van der Waals surface area (Å²) < 4.78 is 4.73. The topological polar surface area (TPSA) is 93.9 Å². The van der Waals surface area contributed by atoms with Gasteiger partial charge in [-0.1, -0.05) is 6.92 Å². The van der Waals surface area contributed by atoms with Crippen LogP contribution in [0.25, 0.3) is 0 Å². The average molecular weight is 235 g/mol. The SMILES string of the molecule is CCOC(=O)c1n[nH]c([C@@H](N)CC)n1.Cl. The van der Waals surface area contributed by atoms with Crippen LogP contribution in [0.15, 0.2) is 0 Å². The van der Waals surface area contributed by atoms with E-state index in [9.17, 15) is 4.79 Å². The number of aromatic amines is 1. The molecule has 0 saturated carbocycles. The molecule has 1 rings (SSSR count). The van der Waals surface area contributed by atoms with Crippen molar-refractivity contribution in [3.63, 3.8) is 0 Å². The zero-order valence-electron chi connectivity index (χ0n) is 8.69. The van der Waals surface area contributed by atoms with Gasteiger partial charge >= 0.3 is 5.97 Å². The molecule has 0 spiro atoms. The summed E-state index contributed by atoms with van der Waals surface area (Å²) in [5.41, 5.74) is 5.70. The van der Waals surface area contributed by atoms with Crippen molar-refractivity contribution < 1.29 is 9.53 Å². The summed E-state index contributed by atoms with van der Waals surface area (Å²) in [6, 6.07) is -0.217. The number of carbonyl (C=O) groups excluding carboxylic acids is 1. The molecule has 3 N–H and O–H groups in total. The first-order valence-corrected chi connectivity index (χ1v) is 4.54. The smallest absolute Gasteiger partial charge is 0.378 e. The van der Waals surface area contributed by atoms with Gasteiger partial charge in [0, 0.05) is 0 Å². The van der Waals surface area contributed by atoms with Crippen LogP contribution in [0.3, 0.4) is 0 Å². The monoisotopic (exact) mass is 234 g/mol. The highest BCUT2D eigenvalue weighted by molar-refractivity contribution is 5.85. The minimum Gasteiger partial charge on any atom is -0.460 e. The van der Waals surface area contributed by atoms with E-state index in [4.69, 9.17) is 10.5 Å². The Kier molecular flexibility index (Phi) is 5.88. The molecule has 86 valence electrons. The Morgan fingerprint density at radius 3 is 2.80 bits per heavy atom. The first-order valence-electron chi connectivity index (χ1n) is 4.54. The van der Waals surface area contributed by atoms with Crippen LogP contribution < -0.4 is 5.73 Å². The highest BCUT2D eigenvalue weighted by atomic mass is 35.5. The zero-order chi connectivity index (χ0) is 10.6. The number of halogens is 1. The van der Waals surface area contributed by atoms with Gasteiger partial charge in [-0.05, 0) is 13.3 Å². The van der Waals surface area contributed by atoms with E-state index in [1.165, 1.54) is 0 Å². The minimum atomic E-state index is -0.529. The Labute approximate surface area is 94.0 Å². The molecule has 1 atom stereocenters. The lowest BCUT2D eigenvalue weighted by molar-refractivity contribution is 0.0512. The number of carbonyl (C=O) groups is 1. The van der Waals surface area contributed by atoms with Gasteiger partial charge in [0.05, 0.1) is 12.6 Å². The maximum absolute atomic E-state index is 11.2. The molecule has 7 heteroatoms. The second kappa shape index (κ2) is 6.36. The normalized spacial score (nSPS) is 11.7. The number of hydrogen-bond acceptors (Lipinski definition) is 5. The van der Waals surface area contributed by atoms with E-state index in [1.807, 2.05) is 6.92 Å². The summed E-state index contributed by atoms with van der Waals surface area (Å²) in [5, 5.41) is 6.32. The van der Waals surface area contributed by atoms with Crippen LogP contribution in [0.4, 0.5) is 0 Å². The van der Waals surface area contributed by atoms with Crippen molar-refractivity contribution in [2.45, 2.75) is 26.3 Å². The highest BCUT2D eigenvalue weighted by Gasteiger charge is 2.15. The second-order valence-corrected chi connectivity index (χ2v) is 2.78. The van der Waals surface area contributed by atoms with E-state index < -0.39 is 5.97 Å². The van der Waals surface area contributed by atoms with Gasteiger partial charge in [-0.15, -0.1) is 17.5 Å². The molecule has 0 aliphatic heterocycles. The van der Waals surface area contributed by atoms with Gasteiger partial charge in [-0.3, -0.25) is 5.10 Å². The molecule has 0 radical (unpaired) electrons. The minimum absolute atomic E-state index is 0. The van der Waals surface area contributed by atoms with Crippen LogP contribution in [-0.2, 0) is 4.74 Å². The lowest BCUT2D eigenvalue weighted by atomic mass is 10.2. The maximum Gasteiger partial charge on any atom is 0.378 e. The van der Waals surface area contributed by atoms with E-state index in [0.29, 0.717) is 12.4 Å². The predicted octanol–water partition coefficient (Wildman–Crippen LogP) is 0.813. The highest BCUT2D eigenvalue weighted by Crippen LogP contribution is 2.07. The molecule has 1 heterocycles. The number of nitrogens with one attached hydrogen (secondary N) is 1. The third-order valence-electron chi connectivity index (χ3n) is 1.75. The number of nitrogens with zero attached hydrogens (tertiary/aromatic N) is 2. The average Bonchev–Trinajstić information content (AvgIpc) is 2.66. The Morgan fingerprint density at radius 1 is 1.60 bits per heavy atom. The molecule has 0 aliphatic carbocycles. The van der Waals surface area contributed by atoms with Gasteiger partial charge < -0.3 is 10.5 Å². The molecule has 1 aromatic rings. The second-order valence-electron chi connectivity index (χ2n) is 2.78. The molecule has 0 bridgehead atoms. The van der Waals surface area contributed by atoms with Crippen molar-refractivity contribution in [1.82, 2.24) is 15.2 Å². The Balaban J connectivity index is 0.00000196. The number of esters is 1. The lowest BCUT2D eigenvalue weighted by Gasteiger charge is -2.01. The molecule has 0 aliphatic rings. The fourth-order valence-electron chi connectivity index (χ4n) is 0.920. The number of aromatic nitrogens is 3. The first kappa shape index (κ1) is 13.9. The molecule has 1 aromatic heterocycles. The molecule has 6 nitrogen and oxygen atoms in total. The summed E-state index contributed by atoms with van der Waals surface area (Å²) in [6.07, 6.45) is 0.734. The Hall–Kier alpha value is -1.14. The van der Waals surface area contributed by atoms with Crippen LogP contribution in [0, 0.1) is 0 Å². The Bertz CT molecular complexity index is 315. The van der Waals surface area contributed by atoms with Crippen LogP contribution >= 0.6 is 12.4 Å². The van der Waals surface area contributed by atoms with Gasteiger partial charge in [0.15, 0.2) is 0 Å². The molecule has 0 unspecified atom stereocenters. The van der Waals surface area contributed by atoms with Crippen molar-refractivity contribution in [2.24, 2.45) is 5.73 Å². The fraction of sp³-hybridized carbons (Fsp3) is 0.625. The summed E-state index contributed by atoms with van der Waals surface area (Å²) in [7, 11) is 0. The van der Waals surface area contributed by atoms with Gasteiger partial charge in [0.2, 0.25) is 0 Å². The van der Waals surface area contributed by atoms with Crippen LogP contribution in [0.2, 0.25) is 0 Å². The van der Waals surface area contributed by atoms with E-state index in [1.54, 1.807) is 6.92 Å². The summed E-state index contributed by atoms with van der Waals surface area (Å²) in [4.78, 5) is 15.1. The van der Waals surface area contributed by atoms with E-state index >= 15 is 0 Å².